The van der Waals surface area contributed by atoms with E-state index in [2.05, 4.69) is 5.32 Å². The highest BCUT2D eigenvalue weighted by Gasteiger charge is 2.37. The third-order valence-electron chi connectivity index (χ3n) is 5.27. The molecule has 4 rings (SSSR count). The number of nitrogens with zero attached hydrogens (tertiary/aromatic N) is 2. The van der Waals surface area contributed by atoms with Crippen molar-refractivity contribution >= 4 is 69.7 Å². The molecule has 0 aromatic heterocycles. The van der Waals surface area contributed by atoms with Crippen molar-refractivity contribution in [2.75, 3.05) is 44.8 Å². The minimum Gasteiger partial charge on any atom is -0.482 e. The van der Waals surface area contributed by atoms with Crippen LogP contribution in [0.3, 0.4) is 0 Å². The van der Waals surface area contributed by atoms with Gasteiger partial charge >= 0.3 is 0 Å². The Kier molecular flexibility index (Phi) is 8.52. The molecule has 0 atom stereocenters. The van der Waals surface area contributed by atoms with Gasteiger partial charge in [0.2, 0.25) is 5.91 Å². The molecule has 0 unspecified atom stereocenters. The molecular weight excluding hydrogens is 529 g/mol. The van der Waals surface area contributed by atoms with E-state index in [0.717, 1.165) is 16.7 Å². The Morgan fingerprint density at radius 1 is 1.08 bits per heavy atom. The first-order valence-corrected chi connectivity index (χ1v) is 12.5. The number of benzene rings is 2. The highest BCUT2D eigenvalue weighted by atomic mass is 35.5. The Morgan fingerprint density at radius 3 is 2.50 bits per heavy atom. The van der Waals surface area contributed by atoms with E-state index < -0.39 is 11.1 Å². The molecule has 36 heavy (non-hydrogen) atoms. The third kappa shape index (κ3) is 6.58. The van der Waals surface area contributed by atoms with E-state index in [9.17, 15) is 19.2 Å². The van der Waals surface area contributed by atoms with Crippen molar-refractivity contribution in [1.82, 2.24) is 9.80 Å². The van der Waals surface area contributed by atoms with Gasteiger partial charge in [0.05, 0.1) is 23.1 Å². The minimum atomic E-state index is -0.540. The fraction of sp³-hybridized carbons (Fsp3) is 0.250. The molecule has 4 amide bonds. The summed E-state index contributed by atoms with van der Waals surface area (Å²) in [4.78, 5) is 52.4. The summed E-state index contributed by atoms with van der Waals surface area (Å²) in [6.45, 7) is 1.15. The number of nitrogens with one attached hydrogen (secondary N) is 1. The van der Waals surface area contributed by atoms with Gasteiger partial charge in [-0.05, 0) is 59.8 Å². The fourth-order valence-corrected chi connectivity index (χ4v) is 4.64. The Labute approximate surface area is 221 Å². The lowest BCUT2D eigenvalue weighted by Crippen LogP contribution is -2.46. The average Bonchev–Trinajstić information content (AvgIpc) is 3.12. The average molecular weight is 550 g/mol. The summed E-state index contributed by atoms with van der Waals surface area (Å²) in [6.07, 6.45) is 1.52. The number of hydrogen-bond acceptors (Lipinski definition) is 7. The Balaban J connectivity index is 1.34. The van der Waals surface area contributed by atoms with Gasteiger partial charge in [0.25, 0.3) is 17.1 Å². The van der Waals surface area contributed by atoms with Gasteiger partial charge in [0.1, 0.15) is 12.3 Å². The smallest absolute Gasteiger partial charge is 0.294 e. The number of thioether (sulfide) groups is 1. The summed E-state index contributed by atoms with van der Waals surface area (Å²) in [5.74, 6) is -0.935. The van der Waals surface area contributed by atoms with Crippen LogP contribution in [0.4, 0.5) is 10.5 Å². The second-order valence-corrected chi connectivity index (χ2v) is 9.63. The highest BCUT2D eigenvalue weighted by molar-refractivity contribution is 8.18. The molecule has 0 aliphatic carbocycles. The van der Waals surface area contributed by atoms with Gasteiger partial charge in [-0.3, -0.25) is 24.1 Å². The standard InChI is InChI=1S/C24H21Cl2N3O6S/c25-16-2-4-17(5-3-16)27-21(30)14-35-19-6-1-15(11-18(19)26)12-20-23(32)29(24(33)36-20)13-22(31)28-7-9-34-10-8-28/h1-6,11-12H,7-10,13-14H2,(H,27,30)/b20-12-. The van der Waals surface area contributed by atoms with Crippen LogP contribution in [0.25, 0.3) is 6.08 Å². The first kappa shape index (κ1) is 26.0. The monoisotopic (exact) mass is 549 g/mol. The molecular formula is C24H21Cl2N3O6S. The van der Waals surface area contributed by atoms with Crippen LogP contribution in [0.5, 0.6) is 5.75 Å². The number of ether oxygens (including phenoxy) is 2. The zero-order valence-corrected chi connectivity index (χ0v) is 21.2. The molecule has 0 bridgehead atoms. The van der Waals surface area contributed by atoms with Gasteiger partial charge in [-0.15, -0.1) is 0 Å². The van der Waals surface area contributed by atoms with Crippen LogP contribution >= 0.6 is 35.0 Å². The SMILES string of the molecule is O=C(COc1ccc(/C=C2\SC(=O)N(CC(=O)N3CCOCC3)C2=O)cc1Cl)Nc1ccc(Cl)cc1. The molecule has 2 saturated heterocycles. The maximum atomic E-state index is 12.7. The maximum Gasteiger partial charge on any atom is 0.294 e. The molecule has 12 heteroatoms. The van der Waals surface area contributed by atoms with Gasteiger partial charge in [0.15, 0.2) is 6.61 Å². The number of anilines is 1. The van der Waals surface area contributed by atoms with Crippen LogP contribution in [0, 0.1) is 0 Å². The lowest BCUT2D eigenvalue weighted by atomic mass is 10.2. The molecule has 188 valence electrons. The van der Waals surface area contributed by atoms with E-state index >= 15 is 0 Å². The van der Waals surface area contributed by atoms with Crippen LogP contribution in [0.15, 0.2) is 47.4 Å². The number of amides is 4. The molecule has 2 aliphatic heterocycles. The molecule has 9 nitrogen and oxygen atoms in total. The fourth-order valence-electron chi connectivity index (χ4n) is 3.43. The Hall–Kier alpha value is -3.05. The summed E-state index contributed by atoms with van der Waals surface area (Å²) in [7, 11) is 0. The molecule has 1 N–H and O–H groups in total. The van der Waals surface area contributed by atoms with Gasteiger partial charge in [-0.1, -0.05) is 29.3 Å². The van der Waals surface area contributed by atoms with E-state index in [0.29, 0.717) is 42.6 Å². The van der Waals surface area contributed by atoms with Crippen molar-refractivity contribution in [3.8, 4) is 5.75 Å². The zero-order valence-electron chi connectivity index (χ0n) is 18.9. The lowest BCUT2D eigenvalue weighted by Gasteiger charge is -2.28. The molecule has 0 saturated carbocycles. The molecule has 2 aromatic rings. The predicted octanol–water partition coefficient (Wildman–Crippen LogP) is 3.91. The van der Waals surface area contributed by atoms with Gasteiger partial charge in [0, 0.05) is 23.8 Å². The van der Waals surface area contributed by atoms with E-state index in [4.69, 9.17) is 32.7 Å². The normalized spacial score (nSPS) is 17.0. The summed E-state index contributed by atoms with van der Waals surface area (Å²) in [6, 6.07) is 11.4. The van der Waals surface area contributed by atoms with Crippen molar-refractivity contribution in [2.24, 2.45) is 0 Å². The van der Waals surface area contributed by atoms with E-state index in [1.165, 1.54) is 6.08 Å². The zero-order chi connectivity index (χ0) is 25.7. The highest BCUT2D eigenvalue weighted by Crippen LogP contribution is 2.34. The number of carbonyl (C=O) groups excluding carboxylic acids is 4. The number of imide groups is 1. The molecule has 2 aromatic carbocycles. The summed E-state index contributed by atoms with van der Waals surface area (Å²) < 4.78 is 10.7. The van der Waals surface area contributed by atoms with E-state index in [-0.39, 0.29) is 40.6 Å². The number of rotatable bonds is 7. The number of halogens is 2. The van der Waals surface area contributed by atoms with Gasteiger partial charge in [-0.2, -0.15) is 0 Å². The Bertz CT molecular complexity index is 1210. The van der Waals surface area contributed by atoms with Crippen LogP contribution < -0.4 is 10.1 Å². The maximum absolute atomic E-state index is 12.7. The largest absolute Gasteiger partial charge is 0.482 e. The lowest BCUT2D eigenvalue weighted by molar-refractivity contribution is -0.139. The molecule has 2 fully saturated rings. The minimum absolute atomic E-state index is 0.182. The second kappa shape index (κ2) is 11.8. The van der Waals surface area contributed by atoms with Crippen LogP contribution in [0.2, 0.25) is 10.0 Å². The van der Waals surface area contributed by atoms with Gasteiger partial charge < -0.3 is 19.7 Å². The summed E-state index contributed by atoms with van der Waals surface area (Å²) in [5, 5.41) is 2.96. The quantitative estimate of drug-likeness (QED) is 0.522. The topological polar surface area (TPSA) is 105 Å². The number of morpholine rings is 1. The van der Waals surface area contributed by atoms with E-state index in [1.54, 1.807) is 47.4 Å². The first-order valence-electron chi connectivity index (χ1n) is 10.9. The first-order chi connectivity index (χ1) is 17.3. The van der Waals surface area contributed by atoms with Crippen molar-refractivity contribution in [1.29, 1.82) is 0 Å². The van der Waals surface area contributed by atoms with Crippen LogP contribution in [0.1, 0.15) is 5.56 Å². The summed E-state index contributed by atoms with van der Waals surface area (Å²) in [5.41, 5.74) is 1.14. The van der Waals surface area contributed by atoms with Crippen molar-refractivity contribution in [2.45, 2.75) is 0 Å². The summed E-state index contributed by atoms with van der Waals surface area (Å²) >= 11 is 12.9. The van der Waals surface area contributed by atoms with Crippen molar-refractivity contribution < 1.29 is 28.7 Å². The van der Waals surface area contributed by atoms with Crippen LogP contribution in [-0.4, -0.2) is 72.2 Å². The third-order valence-corrected chi connectivity index (χ3v) is 6.73. The van der Waals surface area contributed by atoms with E-state index in [1.807, 2.05) is 0 Å². The molecule has 0 spiro atoms. The van der Waals surface area contributed by atoms with Crippen LogP contribution in [-0.2, 0) is 19.1 Å². The van der Waals surface area contributed by atoms with Gasteiger partial charge in [-0.25, -0.2) is 0 Å². The second-order valence-electron chi connectivity index (χ2n) is 7.79. The van der Waals surface area contributed by atoms with Crippen molar-refractivity contribution in [3.63, 3.8) is 0 Å². The van der Waals surface area contributed by atoms with Crippen molar-refractivity contribution in [3.05, 3.63) is 63.0 Å². The molecule has 0 radical (unpaired) electrons. The number of carbonyl (C=O) groups is 4. The number of hydrogen-bond donors (Lipinski definition) is 1. The molecule has 2 aliphatic rings. The molecule has 2 heterocycles. The predicted molar refractivity (Wildman–Crippen MR) is 137 cm³/mol. The Morgan fingerprint density at radius 2 is 1.81 bits per heavy atom.